The molecule has 0 aliphatic heterocycles. The van der Waals surface area contributed by atoms with Gasteiger partial charge in [-0.05, 0) is 42.0 Å². The van der Waals surface area contributed by atoms with E-state index in [-0.39, 0.29) is 22.8 Å². The van der Waals surface area contributed by atoms with Crippen LogP contribution in [0.2, 0.25) is 0 Å². The van der Waals surface area contributed by atoms with E-state index in [1.807, 2.05) is 30.5 Å². The Hall–Kier alpha value is -3.39. The number of hydrogen-bond donors (Lipinski definition) is 1. The summed E-state index contributed by atoms with van der Waals surface area (Å²) in [6, 6.07) is 16.0. The zero-order valence-electron chi connectivity index (χ0n) is 16.7. The van der Waals surface area contributed by atoms with E-state index in [9.17, 15) is 9.59 Å². The van der Waals surface area contributed by atoms with Crippen LogP contribution in [0.5, 0.6) is 11.6 Å². The Kier molecular flexibility index (Phi) is 5.41. The SMILES string of the molecule is CSc1nc(Oc2ccc(C(C)C)cc2)cc(-n2[nH]c(=O)c3ccccc3c2=O)n1. The smallest absolute Gasteiger partial charge is 0.279 e. The van der Waals surface area contributed by atoms with Gasteiger partial charge in [-0.15, -0.1) is 0 Å². The van der Waals surface area contributed by atoms with Crippen molar-refractivity contribution in [2.24, 2.45) is 0 Å². The Balaban J connectivity index is 1.79. The highest BCUT2D eigenvalue weighted by atomic mass is 32.2. The fraction of sp³-hybridized carbons (Fsp3) is 0.182. The monoisotopic (exact) mass is 420 g/mol. The molecular formula is C22H20N4O3S. The number of thioether (sulfide) groups is 1. The average Bonchev–Trinajstić information content (AvgIpc) is 2.76. The summed E-state index contributed by atoms with van der Waals surface area (Å²) in [5, 5.41) is 3.66. The predicted molar refractivity (Wildman–Crippen MR) is 118 cm³/mol. The third kappa shape index (κ3) is 3.86. The van der Waals surface area contributed by atoms with E-state index in [1.165, 1.54) is 23.4 Å². The highest BCUT2D eigenvalue weighted by Crippen LogP contribution is 2.25. The summed E-state index contributed by atoms with van der Waals surface area (Å²) in [6.07, 6.45) is 1.83. The lowest BCUT2D eigenvalue weighted by Gasteiger charge is -2.11. The van der Waals surface area contributed by atoms with Gasteiger partial charge in [0.15, 0.2) is 11.0 Å². The Labute approximate surface area is 176 Å². The lowest BCUT2D eigenvalue weighted by molar-refractivity contribution is 0.454. The molecule has 8 heteroatoms. The normalized spacial score (nSPS) is 11.2. The van der Waals surface area contributed by atoms with Crippen molar-refractivity contribution < 1.29 is 4.74 Å². The minimum Gasteiger partial charge on any atom is -0.439 e. The number of aromatic nitrogens is 4. The van der Waals surface area contributed by atoms with Crippen LogP contribution in [0.1, 0.15) is 25.3 Å². The molecule has 0 saturated carbocycles. The van der Waals surface area contributed by atoms with Gasteiger partial charge in [0, 0.05) is 6.07 Å². The topological polar surface area (TPSA) is 89.9 Å². The maximum atomic E-state index is 12.9. The van der Waals surface area contributed by atoms with Gasteiger partial charge < -0.3 is 4.74 Å². The van der Waals surface area contributed by atoms with Crippen molar-refractivity contribution >= 4 is 22.5 Å². The number of aromatic amines is 1. The minimum absolute atomic E-state index is 0.232. The molecular weight excluding hydrogens is 400 g/mol. The summed E-state index contributed by atoms with van der Waals surface area (Å²) in [5.74, 6) is 1.55. The van der Waals surface area contributed by atoms with Crippen LogP contribution in [0.15, 0.2) is 69.3 Å². The largest absolute Gasteiger partial charge is 0.439 e. The number of nitrogens with zero attached hydrogens (tertiary/aromatic N) is 3. The van der Waals surface area contributed by atoms with Gasteiger partial charge in [0.25, 0.3) is 11.1 Å². The molecule has 0 atom stereocenters. The van der Waals surface area contributed by atoms with Crippen LogP contribution in [0.3, 0.4) is 0 Å². The quantitative estimate of drug-likeness (QED) is 0.386. The molecule has 0 saturated heterocycles. The second-order valence-electron chi connectivity index (χ2n) is 7.00. The minimum atomic E-state index is -0.374. The molecule has 0 spiro atoms. The summed E-state index contributed by atoms with van der Waals surface area (Å²) in [7, 11) is 0. The molecule has 0 radical (unpaired) electrons. The molecule has 0 aliphatic carbocycles. The molecule has 7 nitrogen and oxygen atoms in total. The van der Waals surface area contributed by atoms with Crippen molar-refractivity contribution in [3.05, 3.63) is 80.9 Å². The summed E-state index contributed by atoms with van der Waals surface area (Å²) in [5.41, 5.74) is 0.459. The maximum absolute atomic E-state index is 12.9. The van der Waals surface area contributed by atoms with Crippen molar-refractivity contribution in [2.45, 2.75) is 24.9 Å². The van der Waals surface area contributed by atoms with Crippen molar-refractivity contribution in [1.29, 1.82) is 0 Å². The third-order valence-corrected chi connectivity index (χ3v) is 5.22. The highest BCUT2D eigenvalue weighted by Gasteiger charge is 2.13. The van der Waals surface area contributed by atoms with E-state index in [1.54, 1.807) is 24.3 Å². The summed E-state index contributed by atoms with van der Waals surface area (Å²) in [6.45, 7) is 4.25. The lowest BCUT2D eigenvalue weighted by Crippen LogP contribution is -2.29. The van der Waals surface area contributed by atoms with Crippen molar-refractivity contribution in [2.75, 3.05) is 6.26 Å². The zero-order chi connectivity index (χ0) is 21.3. The Morgan fingerprint density at radius 1 is 1.00 bits per heavy atom. The van der Waals surface area contributed by atoms with Gasteiger partial charge in [-0.25, -0.2) is 4.98 Å². The molecule has 0 bridgehead atoms. The fourth-order valence-corrected chi connectivity index (χ4v) is 3.42. The maximum Gasteiger partial charge on any atom is 0.279 e. The molecule has 1 N–H and O–H groups in total. The number of nitrogens with one attached hydrogen (secondary N) is 1. The Morgan fingerprint density at radius 3 is 2.37 bits per heavy atom. The molecule has 0 unspecified atom stereocenters. The zero-order valence-corrected chi connectivity index (χ0v) is 17.6. The van der Waals surface area contributed by atoms with Gasteiger partial charge in [-0.2, -0.15) is 9.67 Å². The summed E-state index contributed by atoms with van der Waals surface area (Å²) < 4.78 is 7.03. The second-order valence-corrected chi connectivity index (χ2v) is 7.78. The number of hydrogen-bond acceptors (Lipinski definition) is 6. The second kappa shape index (κ2) is 8.16. The summed E-state index contributed by atoms with van der Waals surface area (Å²) >= 11 is 1.31. The number of ether oxygens (including phenoxy) is 1. The molecule has 2 aromatic heterocycles. The van der Waals surface area contributed by atoms with Crippen LogP contribution in [-0.4, -0.2) is 26.0 Å². The van der Waals surface area contributed by atoms with E-state index < -0.39 is 0 Å². The molecule has 4 rings (SSSR count). The summed E-state index contributed by atoms with van der Waals surface area (Å²) in [4.78, 5) is 34.1. The van der Waals surface area contributed by atoms with Gasteiger partial charge in [-0.3, -0.25) is 14.7 Å². The van der Waals surface area contributed by atoms with Crippen molar-refractivity contribution in [3.63, 3.8) is 0 Å². The number of rotatable bonds is 5. The third-order valence-electron chi connectivity index (χ3n) is 4.67. The lowest BCUT2D eigenvalue weighted by atomic mass is 10.0. The first-order valence-electron chi connectivity index (χ1n) is 9.41. The molecule has 4 aromatic rings. The van der Waals surface area contributed by atoms with Gasteiger partial charge in [-0.1, -0.05) is 49.9 Å². The molecule has 2 heterocycles. The van der Waals surface area contributed by atoms with E-state index in [4.69, 9.17) is 4.74 Å². The molecule has 0 aliphatic rings. The molecule has 2 aromatic carbocycles. The molecule has 0 fully saturated rings. The first-order valence-corrected chi connectivity index (χ1v) is 10.6. The number of fused-ring (bicyclic) bond motifs is 1. The standard InChI is InChI=1S/C22H20N4O3S/c1-13(2)14-8-10-15(11-9-14)29-19-12-18(23-22(24-19)30-3)26-21(28)17-7-5-4-6-16(17)20(27)25-26/h4-13H,1-3H3,(H,25,27). The van der Waals surface area contributed by atoms with Crippen LogP contribution < -0.4 is 15.9 Å². The van der Waals surface area contributed by atoms with Gasteiger partial charge >= 0.3 is 0 Å². The van der Waals surface area contributed by atoms with E-state index in [0.29, 0.717) is 27.6 Å². The van der Waals surface area contributed by atoms with Gasteiger partial charge in [0.2, 0.25) is 5.88 Å². The van der Waals surface area contributed by atoms with Gasteiger partial charge in [0.1, 0.15) is 5.75 Å². The Bertz CT molecular complexity index is 1330. The van der Waals surface area contributed by atoms with Crippen LogP contribution in [0, 0.1) is 0 Å². The van der Waals surface area contributed by atoms with Crippen molar-refractivity contribution in [1.82, 2.24) is 19.7 Å². The first kappa shape index (κ1) is 19.9. The molecule has 30 heavy (non-hydrogen) atoms. The van der Waals surface area contributed by atoms with E-state index in [2.05, 4.69) is 28.9 Å². The first-order chi connectivity index (χ1) is 14.5. The highest BCUT2D eigenvalue weighted by molar-refractivity contribution is 7.98. The Morgan fingerprint density at radius 2 is 1.70 bits per heavy atom. The predicted octanol–water partition coefficient (Wildman–Crippen LogP) is 4.11. The van der Waals surface area contributed by atoms with Crippen LogP contribution >= 0.6 is 11.8 Å². The average molecular weight is 420 g/mol. The van der Waals surface area contributed by atoms with Crippen LogP contribution in [0.25, 0.3) is 16.6 Å². The van der Waals surface area contributed by atoms with E-state index in [0.717, 1.165) is 4.68 Å². The number of H-pyrrole nitrogens is 1. The van der Waals surface area contributed by atoms with Crippen LogP contribution in [0.4, 0.5) is 0 Å². The number of benzene rings is 2. The molecule has 152 valence electrons. The van der Waals surface area contributed by atoms with Crippen molar-refractivity contribution in [3.8, 4) is 17.4 Å². The van der Waals surface area contributed by atoms with E-state index >= 15 is 0 Å². The van der Waals surface area contributed by atoms with Crippen LogP contribution in [-0.2, 0) is 0 Å². The molecule has 0 amide bonds. The van der Waals surface area contributed by atoms with Gasteiger partial charge in [0.05, 0.1) is 10.8 Å². The fourth-order valence-electron chi connectivity index (χ4n) is 3.05.